The molecule has 1 unspecified atom stereocenters. The van der Waals surface area contributed by atoms with E-state index < -0.39 is 12.1 Å². The van der Waals surface area contributed by atoms with E-state index in [-0.39, 0.29) is 5.41 Å². The predicted molar refractivity (Wildman–Crippen MR) is 83.9 cm³/mol. The molecule has 0 amide bonds. The highest BCUT2D eigenvalue weighted by atomic mass is 16.4. The maximum absolute atomic E-state index is 11.7. The van der Waals surface area contributed by atoms with Crippen molar-refractivity contribution in [2.45, 2.75) is 52.7 Å². The van der Waals surface area contributed by atoms with Crippen molar-refractivity contribution in [2.24, 2.45) is 0 Å². The van der Waals surface area contributed by atoms with E-state index in [9.17, 15) is 15.0 Å². The SMILES string of the molecule is CCn1cc(C(C)O)c2cc(C(C)(C)C)cc(C(=O)O)c21. The fourth-order valence-corrected chi connectivity index (χ4v) is 2.64. The van der Waals surface area contributed by atoms with Crippen LogP contribution in [0.15, 0.2) is 18.3 Å². The minimum Gasteiger partial charge on any atom is -0.478 e. The normalized spacial score (nSPS) is 13.6. The largest absolute Gasteiger partial charge is 0.478 e. The van der Waals surface area contributed by atoms with Crippen LogP contribution in [0.2, 0.25) is 0 Å². The number of carbonyl (C=O) groups is 1. The van der Waals surface area contributed by atoms with E-state index in [0.717, 1.165) is 16.5 Å². The van der Waals surface area contributed by atoms with Crippen LogP contribution in [0.25, 0.3) is 10.9 Å². The van der Waals surface area contributed by atoms with Crippen LogP contribution in [0.3, 0.4) is 0 Å². The number of aromatic carboxylic acids is 1. The Kier molecular flexibility index (Phi) is 3.85. The molecule has 21 heavy (non-hydrogen) atoms. The first-order chi connectivity index (χ1) is 9.66. The lowest BCUT2D eigenvalue weighted by atomic mass is 9.84. The molecule has 0 fully saturated rings. The smallest absolute Gasteiger partial charge is 0.337 e. The summed E-state index contributed by atoms with van der Waals surface area (Å²) in [6.45, 7) is 10.5. The van der Waals surface area contributed by atoms with Crippen molar-refractivity contribution in [2.75, 3.05) is 0 Å². The highest BCUT2D eigenvalue weighted by molar-refractivity contribution is 6.04. The third kappa shape index (κ3) is 2.68. The number of aliphatic hydroxyl groups is 1. The molecule has 1 aromatic heterocycles. The number of aliphatic hydroxyl groups excluding tert-OH is 1. The van der Waals surface area contributed by atoms with Gasteiger partial charge >= 0.3 is 5.97 Å². The molecular formula is C17H23NO3. The Labute approximate surface area is 125 Å². The lowest BCUT2D eigenvalue weighted by Gasteiger charge is -2.20. The molecule has 1 heterocycles. The summed E-state index contributed by atoms with van der Waals surface area (Å²) in [5, 5.41) is 20.4. The molecular weight excluding hydrogens is 266 g/mol. The molecule has 2 rings (SSSR count). The Morgan fingerprint density at radius 2 is 1.95 bits per heavy atom. The minimum atomic E-state index is -0.934. The molecule has 0 aliphatic carbocycles. The summed E-state index contributed by atoms with van der Waals surface area (Å²) in [6.07, 6.45) is 1.23. The van der Waals surface area contributed by atoms with Crippen LogP contribution in [0.5, 0.6) is 0 Å². The molecule has 2 N–H and O–H groups in total. The molecule has 0 spiro atoms. The maximum Gasteiger partial charge on any atom is 0.337 e. The maximum atomic E-state index is 11.7. The van der Waals surface area contributed by atoms with E-state index in [0.29, 0.717) is 17.6 Å². The van der Waals surface area contributed by atoms with Gasteiger partial charge < -0.3 is 14.8 Å². The van der Waals surface area contributed by atoms with E-state index in [1.54, 1.807) is 13.0 Å². The number of carboxylic acids is 1. The zero-order valence-electron chi connectivity index (χ0n) is 13.3. The fourth-order valence-electron chi connectivity index (χ4n) is 2.64. The lowest BCUT2D eigenvalue weighted by molar-refractivity contribution is 0.0698. The monoisotopic (exact) mass is 289 g/mol. The number of hydrogen-bond donors (Lipinski definition) is 2. The first-order valence-corrected chi connectivity index (χ1v) is 7.25. The van der Waals surface area contributed by atoms with Crippen molar-refractivity contribution in [1.29, 1.82) is 0 Å². The number of hydrogen-bond acceptors (Lipinski definition) is 2. The van der Waals surface area contributed by atoms with Gasteiger partial charge in [-0.1, -0.05) is 20.8 Å². The van der Waals surface area contributed by atoms with Crippen molar-refractivity contribution in [3.8, 4) is 0 Å². The molecule has 2 aromatic rings. The average Bonchev–Trinajstić information content (AvgIpc) is 2.75. The number of aromatic nitrogens is 1. The molecule has 4 heteroatoms. The lowest BCUT2D eigenvalue weighted by Crippen LogP contribution is -2.13. The quantitative estimate of drug-likeness (QED) is 0.905. The van der Waals surface area contributed by atoms with Crippen LogP contribution in [0.4, 0.5) is 0 Å². The number of benzene rings is 1. The molecule has 1 atom stereocenters. The predicted octanol–water partition coefficient (Wildman–Crippen LogP) is 3.71. The molecule has 1 aromatic carbocycles. The summed E-state index contributed by atoms with van der Waals surface area (Å²) in [7, 11) is 0. The molecule has 0 aliphatic heterocycles. The van der Waals surface area contributed by atoms with Gasteiger partial charge in [-0.2, -0.15) is 0 Å². The van der Waals surface area contributed by atoms with Crippen LogP contribution in [-0.4, -0.2) is 20.7 Å². The van der Waals surface area contributed by atoms with Gasteiger partial charge in [0.15, 0.2) is 0 Å². The van der Waals surface area contributed by atoms with Gasteiger partial charge in [-0.15, -0.1) is 0 Å². The Hall–Kier alpha value is -1.81. The zero-order chi connectivity index (χ0) is 15.9. The standard InChI is InChI=1S/C17H23NO3/c1-6-18-9-14(10(2)19)12-7-11(17(3,4)5)8-13(15(12)18)16(20)21/h7-10,19H,6H2,1-5H3,(H,20,21). The first-order valence-electron chi connectivity index (χ1n) is 7.25. The van der Waals surface area contributed by atoms with Gasteiger partial charge in [0, 0.05) is 23.7 Å². The topological polar surface area (TPSA) is 62.5 Å². The average molecular weight is 289 g/mol. The molecule has 0 bridgehead atoms. The van der Waals surface area contributed by atoms with Crippen molar-refractivity contribution in [3.63, 3.8) is 0 Å². The second-order valence-corrected chi connectivity index (χ2v) is 6.52. The summed E-state index contributed by atoms with van der Waals surface area (Å²) in [5.41, 5.74) is 2.58. The number of aryl methyl sites for hydroxylation is 1. The number of fused-ring (bicyclic) bond motifs is 1. The first kappa shape index (κ1) is 15.6. The summed E-state index contributed by atoms with van der Waals surface area (Å²) >= 11 is 0. The molecule has 114 valence electrons. The van der Waals surface area contributed by atoms with Crippen molar-refractivity contribution in [3.05, 3.63) is 35.0 Å². The zero-order valence-corrected chi connectivity index (χ0v) is 13.3. The van der Waals surface area contributed by atoms with Gasteiger partial charge in [-0.05, 0) is 37.0 Å². The third-order valence-electron chi connectivity index (χ3n) is 3.89. The van der Waals surface area contributed by atoms with E-state index in [1.807, 2.05) is 23.8 Å². The summed E-state index contributed by atoms with van der Waals surface area (Å²) < 4.78 is 1.90. The highest BCUT2D eigenvalue weighted by Crippen LogP contribution is 2.34. The molecule has 0 saturated carbocycles. The summed E-state index contributed by atoms with van der Waals surface area (Å²) in [6, 6.07) is 3.76. The second kappa shape index (κ2) is 5.19. The Morgan fingerprint density at radius 1 is 1.33 bits per heavy atom. The Balaban J connectivity index is 2.93. The minimum absolute atomic E-state index is 0.150. The van der Waals surface area contributed by atoms with Gasteiger partial charge in [-0.3, -0.25) is 0 Å². The van der Waals surface area contributed by atoms with Gasteiger partial charge in [-0.25, -0.2) is 4.79 Å². The van der Waals surface area contributed by atoms with Crippen LogP contribution in [0, 0.1) is 0 Å². The van der Waals surface area contributed by atoms with Gasteiger partial charge in [0.05, 0.1) is 17.2 Å². The second-order valence-electron chi connectivity index (χ2n) is 6.52. The van der Waals surface area contributed by atoms with Gasteiger partial charge in [0.1, 0.15) is 0 Å². The number of rotatable bonds is 3. The third-order valence-corrected chi connectivity index (χ3v) is 3.89. The van der Waals surface area contributed by atoms with Crippen molar-refractivity contribution < 1.29 is 15.0 Å². The van der Waals surface area contributed by atoms with Crippen molar-refractivity contribution in [1.82, 2.24) is 4.57 Å². The van der Waals surface area contributed by atoms with Gasteiger partial charge in [0.2, 0.25) is 0 Å². The van der Waals surface area contributed by atoms with Crippen molar-refractivity contribution >= 4 is 16.9 Å². The highest BCUT2D eigenvalue weighted by Gasteiger charge is 2.23. The van der Waals surface area contributed by atoms with E-state index >= 15 is 0 Å². The molecule has 0 radical (unpaired) electrons. The Bertz CT molecular complexity index is 690. The van der Waals surface area contributed by atoms with Gasteiger partial charge in [0.25, 0.3) is 0 Å². The van der Waals surface area contributed by atoms with Crippen LogP contribution in [0.1, 0.15) is 62.2 Å². The van der Waals surface area contributed by atoms with Crippen LogP contribution < -0.4 is 0 Å². The van der Waals surface area contributed by atoms with Crippen LogP contribution >= 0.6 is 0 Å². The fraction of sp³-hybridized carbons (Fsp3) is 0.471. The number of nitrogens with zero attached hydrogens (tertiary/aromatic N) is 1. The van der Waals surface area contributed by atoms with Crippen LogP contribution in [-0.2, 0) is 12.0 Å². The summed E-state index contributed by atoms with van der Waals surface area (Å²) in [4.78, 5) is 11.7. The Morgan fingerprint density at radius 3 is 2.38 bits per heavy atom. The number of carboxylic acid groups (broad SMARTS) is 1. The van der Waals surface area contributed by atoms with E-state index in [1.165, 1.54) is 0 Å². The molecule has 4 nitrogen and oxygen atoms in total. The van der Waals surface area contributed by atoms with E-state index in [4.69, 9.17) is 0 Å². The summed E-state index contributed by atoms with van der Waals surface area (Å²) in [5.74, 6) is -0.934. The van der Waals surface area contributed by atoms with E-state index in [2.05, 4.69) is 20.8 Å². The molecule has 0 aliphatic rings. The molecule has 0 saturated heterocycles.